The second-order valence-corrected chi connectivity index (χ2v) is 9.58. The molecule has 0 saturated heterocycles. The molecule has 2 aromatic carbocycles. The standard InChI is InChI=1S/C18H4Br2Cl2F14O/c19-5-1-7(21)11(9(23)3-5)13(25,15(27,28)29)17(33,34)37-18(35,36)14(26,16(30,31)32)12-8(22)2-6(20)4-10(12)24/h1-4H/t13-,14-/m1/s1. The van der Waals surface area contributed by atoms with Gasteiger partial charge >= 0.3 is 35.9 Å². The van der Waals surface area contributed by atoms with Crippen molar-refractivity contribution >= 4 is 55.1 Å². The number of ether oxygens (including phenoxy) is 1. The molecule has 0 saturated carbocycles. The van der Waals surface area contributed by atoms with Crippen molar-refractivity contribution < 1.29 is 66.2 Å². The summed E-state index contributed by atoms with van der Waals surface area (Å²) in [5, 5.41) is -3.63. The molecule has 0 unspecified atom stereocenters. The van der Waals surface area contributed by atoms with Crippen LogP contribution in [0.3, 0.4) is 0 Å². The van der Waals surface area contributed by atoms with Crippen LogP contribution in [0.1, 0.15) is 11.1 Å². The maximum absolute atomic E-state index is 15.1. The fourth-order valence-electron chi connectivity index (χ4n) is 2.95. The summed E-state index contributed by atoms with van der Waals surface area (Å²) in [6.45, 7) is 0. The lowest BCUT2D eigenvalue weighted by Crippen LogP contribution is -2.62. The summed E-state index contributed by atoms with van der Waals surface area (Å²) < 4.78 is 199. The minimum Gasteiger partial charge on any atom is -0.249 e. The summed E-state index contributed by atoms with van der Waals surface area (Å²) in [7, 11) is 0. The van der Waals surface area contributed by atoms with Crippen molar-refractivity contribution in [3.8, 4) is 0 Å². The summed E-state index contributed by atoms with van der Waals surface area (Å²) in [5.74, 6) is -5.09. The quantitative estimate of drug-likeness (QED) is 0.269. The van der Waals surface area contributed by atoms with Crippen LogP contribution in [0.2, 0.25) is 10.0 Å². The van der Waals surface area contributed by atoms with Crippen LogP contribution in [0.4, 0.5) is 61.5 Å². The molecule has 0 bridgehead atoms. The van der Waals surface area contributed by atoms with Crippen molar-refractivity contribution in [1.82, 2.24) is 0 Å². The molecule has 0 aliphatic rings. The molecule has 0 aromatic heterocycles. The van der Waals surface area contributed by atoms with E-state index in [1.54, 1.807) is 0 Å². The van der Waals surface area contributed by atoms with E-state index in [-0.39, 0.29) is 24.3 Å². The Hall–Kier alpha value is -1.04. The molecule has 0 aliphatic carbocycles. The molecule has 2 atom stereocenters. The third kappa shape index (κ3) is 5.26. The zero-order valence-corrected chi connectivity index (χ0v) is 21.2. The number of hydrogen-bond acceptors (Lipinski definition) is 1. The minimum absolute atomic E-state index is 0.0817. The van der Waals surface area contributed by atoms with Gasteiger partial charge in [0, 0.05) is 8.95 Å². The molecule has 1 nitrogen and oxygen atoms in total. The Balaban J connectivity index is 2.87. The number of hydrogen-bond donors (Lipinski definition) is 0. The normalized spacial score (nSPS) is 16.9. The summed E-state index contributed by atoms with van der Waals surface area (Å²) in [6.07, 6.45) is -28.8. The lowest BCUT2D eigenvalue weighted by Gasteiger charge is -2.40. The first-order valence-corrected chi connectivity index (χ1v) is 11.0. The van der Waals surface area contributed by atoms with E-state index in [0.717, 1.165) is 0 Å². The Morgan fingerprint density at radius 2 is 0.811 bits per heavy atom. The van der Waals surface area contributed by atoms with Gasteiger partial charge in [-0.3, -0.25) is 0 Å². The van der Waals surface area contributed by atoms with Gasteiger partial charge in [-0.15, -0.1) is 0 Å². The van der Waals surface area contributed by atoms with E-state index in [2.05, 4.69) is 36.6 Å². The highest BCUT2D eigenvalue weighted by Crippen LogP contribution is 2.61. The van der Waals surface area contributed by atoms with E-state index in [0.29, 0.717) is 0 Å². The number of halogens is 18. The van der Waals surface area contributed by atoms with Gasteiger partial charge in [-0.2, -0.15) is 43.9 Å². The summed E-state index contributed by atoms with van der Waals surface area (Å²) in [5.41, 5.74) is -19.3. The van der Waals surface area contributed by atoms with E-state index in [1.807, 2.05) is 0 Å². The third-order valence-electron chi connectivity index (χ3n) is 4.54. The first kappa shape index (κ1) is 32.2. The fourth-order valence-corrected chi connectivity index (χ4v) is 4.75. The van der Waals surface area contributed by atoms with Gasteiger partial charge in [-0.25, -0.2) is 22.3 Å². The van der Waals surface area contributed by atoms with Crippen LogP contribution >= 0.6 is 55.1 Å². The van der Waals surface area contributed by atoms with Gasteiger partial charge in [0.2, 0.25) is 0 Å². The summed E-state index contributed by atoms with van der Waals surface area (Å²) in [6, 6.07) is 0.226. The Kier molecular flexibility index (Phi) is 8.57. The molecule has 0 N–H and O–H groups in total. The van der Waals surface area contributed by atoms with Gasteiger partial charge in [-0.1, -0.05) is 55.1 Å². The van der Waals surface area contributed by atoms with Crippen molar-refractivity contribution in [3.05, 3.63) is 66.0 Å². The molecule has 19 heteroatoms. The van der Waals surface area contributed by atoms with E-state index in [9.17, 15) is 52.7 Å². The van der Waals surface area contributed by atoms with Crippen LogP contribution in [0.15, 0.2) is 33.2 Å². The van der Waals surface area contributed by atoms with E-state index < -0.39 is 77.7 Å². The van der Waals surface area contributed by atoms with E-state index >= 15 is 8.78 Å². The number of benzene rings is 2. The second kappa shape index (κ2) is 9.86. The Bertz CT molecular complexity index is 1060. The van der Waals surface area contributed by atoms with Gasteiger partial charge < -0.3 is 0 Å². The Morgan fingerprint density at radius 1 is 0.541 bits per heavy atom. The predicted molar refractivity (Wildman–Crippen MR) is 107 cm³/mol. The highest BCUT2D eigenvalue weighted by atomic mass is 79.9. The topological polar surface area (TPSA) is 9.23 Å². The molecule has 0 radical (unpaired) electrons. The molecule has 37 heavy (non-hydrogen) atoms. The second-order valence-electron chi connectivity index (χ2n) is 6.94. The maximum atomic E-state index is 15.1. The van der Waals surface area contributed by atoms with Crippen molar-refractivity contribution in [1.29, 1.82) is 0 Å². The van der Waals surface area contributed by atoms with Crippen molar-refractivity contribution in [2.24, 2.45) is 0 Å². The average molecular weight is 733 g/mol. The first-order chi connectivity index (χ1) is 16.3. The first-order valence-electron chi connectivity index (χ1n) is 8.62. The molecule has 2 rings (SSSR count). The van der Waals surface area contributed by atoms with Gasteiger partial charge in [0.15, 0.2) is 0 Å². The van der Waals surface area contributed by atoms with Crippen LogP contribution in [0.25, 0.3) is 0 Å². The highest BCUT2D eigenvalue weighted by molar-refractivity contribution is 9.10. The molecule has 2 aromatic rings. The van der Waals surface area contributed by atoms with Crippen LogP contribution in [0, 0.1) is 11.6 Å². The molecular formula is C18H4Br2Cl2F14O. The zero-order valence-electron chi connectivity index (χ0n) is 16.5. The van der Waals surface area contributed by atoms with Crippen LogP contribution in [0.5, 0.6) is 0 Å². The summed E-state index contributed by atoms with van der Waals surface area (Å²) >= 11 is 15.3. The molecule has 0 amide bonds. The molecule has 0 heterocycles. The maximum Gasteiger partial charge on any atom is 0.435 e. The van der Waals surface area contributed by atoms with Crippen molar-refractivity contribution in [2.45, 2.75) is 35.9 Å². The SMILES string of the molecule is Fc1cc(Br)cc(Cl)c1[C@@](F)(C(F)(F)F)C(F)(F)OC(F)(F)[C@@](F)(c1c(F)cc(Br)cc1Cl)C(F)(F)F. The molecule has 0 aliphatic heterocycles. The van der Waals surface area contributed by atoms with E-state index in [4.69, 9.17) is 23.2 Å². The van der Waals surface area contributed by atoms with E-state index in [1.165, 1.54) is 0 Å². The van der Waals surface area contributed by atoms with Crippen molar-refractivity contribution in [2.75, 3.05) is 0 Å². The number of alkyl halides is 12. The molecular weight excluding hydrogens is 729 g/mol. The van der Waals surface area contributed by atoms with Crippen LogP contribution in [-0.2, 0) is 16.1 Å². The van der Waals surface area contributed by atoms with Crippen molar-refractivity contribution in [3.63, 3.8) is 0 Å². The van der Waals surface area contributed by atoms with Gasteiger partial charge in [0.25, 0.3) is 0 Å². The fraction of sp³-hybridized carbons (Fsp3) is 0.333. The predicted octanol–water partition coefficient (Wildman–Crippen LogP) is 10.2. The minimum atomic E-state index is -7.26. The summed E-state index contributed by atoms with van der Waals surface area (Å²) in [4.78, 5) is 0. The number of rotatable bonds is 6. The van der Waals surface area contributed by atoms with Gasteiger partial charge in [-0.05, 0) is 24.3 Å². The largest absolute Gasteiger partial charge is 0.435 e. The smallest absolute Gasteiger partial charge is 0.249 e. The Morgan fingerprint density at radius 3 is 1.03 bits per heavy atom. The molecule has 208 valence electrons. The van der Waals surface area contributed by atoms with Gasteiger partial charge in [0.05, 0.1) is 21.2 Å². The highest BCUT2D eigenvalue weighted by Gasteiger charge is 2.82. The average Bonchev–Trinajstić information content (AvgIpc) is 2.63. The zero-order chi connectivity index (χ0) is 29.2. The lowest BCUT2D eigenvalue weighted by molar-refractivity contribution is -0.489. The van der Waals surface area contributed by atoms with Crippen LogP contribution < -0.4 is 0 Å². The lowest BCUT2D eigenvalue weighted by atomic mass is 9.91. The molecule has 0 fully saturated rings. The van der Waals surface area contributed by atoms with Crippen LogP contribution in [-0.4, -0.2) is 24.6 Å². The van der Waals surface area contributed by atoms with Gasteiger partial charge in [0.1, 0.15) is 11.6 Å². The Labute approximate surface area is 222 Å². The molecule has 0 spiro atoms. The third-order valence-corrected chi connectivity index (χ3v) is 6.05. The monoisotopic (exact) mass is 730 g/mol.